The number of ether oxygens (including phenoxy) is 3. The maximum atomic E-state index is 13.9. The average molecular weight is 575 g/mol. The predicted octanol–water partition coefficient (Wildman–Crippen LogP) is 5.04. The minimum absolute atomic E-state index is 0.213. The predicted molar refractivity (Wildman–Crippen MR) is 159 cm³/mol. The number of nitrogens with zero attached hydrogens (tertiary/aromatic N) is 2. The molecular weight excluding hydrogens is 544 g/mol. The van der Waals surface area contributed by atoms with Crippen LogP contribution >= 0.6 is 22.7 Å². The van der Waals surface area contributed by atoms with Crippen molar-refractivity contribution < 1.29 is 19.0 Å². The van der Waals surface area contributed by atoms with Gasteiger partial charge in [0.25, 0.3) is 5.56 Å². The first-order chi connectivity index (χ1) is 19.4. The molecule has 40 heavy (non-hydrogen) atoms. The van der Waals surface area contributed by atoms with Gasteiger partial charge in [-0.3, -0.25) is 9.36 Å². The first kappa shape index (κ1) is 27.6. The van der Waals surface area contributed by atoms with Crippen molar-refractivity contribution in [2.24, 2.45) is 10.9 Å². The molecule has 0 saturated carbocycles. The van der Waals surface area contributed by atoms with Gasteiger partial charge >= 0.3 is 5.97 Å². The maximum absolute atomic E-state index is 13.9. The summed E-state index contributed by atoms with van der Waals surface area (Å²) in [4.78, 5) is 33.6. The van der Waals surface area contributed by atoms with E-state index >= 15 is 0 Å². The van der Waals surface area contributed by atoms with Crippen molar-refractivity contribution in [1.29, 1.82) is 0 Å². The Labute approximate surface area is 240 Å². The molecule has 0 amide bonds. The van der Waals surface area contributed by atoms with Crippen molar-refractivity contribution in [2.75, 3.05) is 20.3 Å². The topological polar surface area (TPSA) is 79.1 Å². The summed E-state index contributed by atoms with van der Waals surface area (Å²) in [6, 6.07) is 18.3. The van der Waals surface area contributed by atoms with Gasteiger partial charge in [0.05, 0.1) is 36.1 Å². The quantitative estimate of drug-likeness (QED) is 0.262. The van der Waals surface area contributed by atoms with Crippen LogP contribution in [0.25, 0.3) is 11.8 Å². The van der Waals surface area contributed by atoms with Gasteiger partial charge in [0, 0.05) is 10.4 Å². The van der Waals surface area contributed by atoms with Crippen LogP contribution in [-0.2, 0) is 9.53 Å². The number of rotatable bonds is 9. The Bertz CT molecular complexity index is 1720. The Morgan fingerprint density at radius 3 is 2.58 bits per heavy atom. The molecule has 9 heteroatoms. The van der Waals surface area contributed by atoms with Gasteiger partial charge in [-0.15, -0.1) is 11.3 Å². The van der Waals surface area contributed by atoms with Gasteiger partial charge < -0.3 is 14.2 Å². The normalized spacial score (nSPS) is 15.1. The summed E-state index contributed by atoms with van der Waals surface area (Å²) in [6.45, 7) is 6.72. The molecular formula is C31H30N2O5S2. The molecule has 206 valence electrons. The lowest BCUT2D eigenvalue weighted by Crippen LogP contribution is -2.39. The summed E-state index contributed by atoms with van der Waals surface area (Å²) in [5, 5.41) is 1.94. The highest BCUT2D eigenvalue weighted by atomic mass is 32.1. The van der Waals surface area contributed by atoms with Crippen molar-refractivity contribution in [3.8, 4) is 11.5 Å². The number of carbonyl (C=O) groups is 1. The molecule has 2 aromatic heterocycles. The zero-order valence-corrected chi connectivity index (χ0v) is 24.4. The number of benzene rings is 2. The molecule has 0 fully saturated rings. The largest absolute Gasteiger partial charge is 0.493 e. The SMILES string of the molecule is CCOC(=O)C1=C(c2ccccc2)N=c2sc(=Cc3ccc(OCC(C)C)c(OC)c3)c(=O)n2C1c1cccs1. The molecule has 0 N–H and O–H groups in total. The van der Waals surface area contributed by atoms with E-state index in [0.29, 0.717) is 44.6 Å². The van der Waals surface area contributed by atoms with E-state index in [9.17, 15) is 9.59 Å². The zero-order chi connectivity index (χ0) is 28.2. The van der Waals surface area contributed by atoms with E-state index < -0.39 is 12.0 Å². The summed E-state index contributed by atoms with van der Waals surface area (Å²) in [7, 11) is 1.60. The third-order valence-corrected chi connectivity index (χ3v) is 8.15. The monoisotopic (exact) mass is 574 g/mol. The number of carbonyl (C=O) groups excluding carboxylic acids is 1. The number of thiophene rings is 1. The van der Waals surface area contributed by atoms with Crippen molar-refractivity contribution in [3.63, 3.8) is 0 Å². The Hall–Kier alpha value is -3.95. The lowest BCUT2D eigenvalue weighted by Gasteiger charge is -2.24. The molecule has 0 spiro atoms. The number of methoxy groups -OCH3 is 1. The number of esters is 1. The molecule has 0 aliphatic carbocycles. The Balaban J connectivity index is 1.69. The first-order valence-corrected chi connectivity index (χ1v) is 14.7. The molecule has 3 heterocycles. The van der Waals surface area contributed by atoms with Gasteiger partial charge in [-0.2, -0.15) is 0 Å². The number of thiazole rings is 1. The molecule has 1 unspecified atom stereocenters. The average Bonchev–Trinajstić information content (AvgIpc) is 3.60. The van der Waals surface area contributed by atoms with Crippen LogP contribution in [0.3, 0.4) is 0 Å². The van der Waals surface area contributed by atoms with Gasteiger partial charge in [-0.05, 0) is 48.1 Å². The smallest absolute Gasteiger partial charge is 0.338 e. The molecule has 1 atom stereocenters. The molecule has 2 aromatic carbocycles. The molecule has 5 rings (SSSR count). The van der Waals surface area contributed by atoms with Gasteiger partial charge in [0.15, 0.2) is 16.3 Å². The molecule has 0 saturated heterocycles. The highest BCUT2D eigenvalue weighted by Gasteiger charge is 2.35. The van der Waals surface area contributed by atoms with E-state index in [-0.39, 0.29) is 12.2 Å². The fraction of sp³-hybridized carbons (Fsp3) is 0.258. The minimum atomic E-state index is -0.658. The van der Waals surface area contributed by atoms with Crippen LogP contribution < -0.4 is 24.4 Å². The van der Waals surface area contributed by atoms with Crippen LogP contribution in [0.2, 0.25) is 0 Å². The summed E-state index contributed by atoms with van der Waals surface area (Å²) >= 11 is 2.77. The van der Waals surface area contributed by atoms with Crippen LogP contribution in [0.5, 0.6) is 11.5 Å². The van der Waals surface area contributed by atoms with Crippen molar-refractivity contribution in [1.82, 2.24) is 4.57 Å². The molecule has 4 aromatic rings. The second-order valence-electron chi connectivity index (χ2n) is 9.56. The van der Waals surface area contributed by atoms with Gasteiger partial charge in [-0.25, -0.2) is 9.79 Å². The summed E-state index contributed by atoms with van der Waals surface area (Å²) in [6.07, 6.45) is 1.82. The molecule has 0 bridgehead atoms. The van der Waals surface area contributed by atoms with Crippen LogP contribution in [0.4, 0.5) is 0 Å². The summed E-state index contributed by atoms with van der Waals surface area (Å²) < 4.78 is 19.0. The van der Waals surface area contributed by atoms with Gasteiger partial charge in [-0.1, -0.05) is 67.6 Å². The zero-order valence-electron chi connectivity index (χ0n) is 22.7. The van der Waals surface area contributed by atoms with E-state index in [4.69, 9.17) is 19.2 Å². The van der Waals surface area contributed by atoms with Crippen molar-refractivity contribution >= 4 is 40.4 Å². The number of fused-ring (bicyclic) bond motifs is 1. The fourth-order valence-electron chi connectivity index (χ4n) is 4.46. The fourth-order valence-corrected chi connectivity index (χ4v) is 6.28. The van der Waals surface area contributed by atoms with E-state index in [1.807, 2.05) is 72.1 Å². The lowest BCUT2D eigenvalue weighted by molar-refractivity contribution is -0.138. The van der Waals surface area contributed by atoms with E-state index in [1.165, 1.54) is 22.7 Å². The standard InChI is InChI=1S/C31H30N2O5S2/c1-5-37-30(35)26-27(21-10-7-6-8-11-21)32-31-33(28(26)24-12-9-15-39-24)29(34)25(40-31)17-20-13-14-22(23(16-20)36-4)38-18-19(2)3/h6-17,19,28H,5,18H2,1-4H3. The Kier molecular flexibility index (Phi) is 8.32. The maximum Gasteiger partial charge on any atom is 0.338 e. The van der Waals surface area contributed by atoms with E-state index in [0.717, 1.165) is 16.0 Å². The van der Waals surface area contributed by atoms with Gasteiger partial charge in [0.1, 0.15) is 6.04 Å². The summed E-state index contributed by atoms with van der Waals surface area (Å²) in [5.74, 6) is 1.13. The second-order valence-corrected chi connectivity index (χ2v) is 11.6. The van der Waals surface area contributed by atoms with E-state index in [1.54, 1.807) is 18.6 Å². The number of aromatic nitrogens is 1. The highest BCUT2D eigenvalue weighted by Crippen LogP contribution is 2.37. The van der Waals surface area contributed by atoms with Crippen LogP contribution in [0.15, 0.2) is 81.4 Å². The third kappa shape index (κ3) is 5.52. The van der Waals surface area contributed by atoms with Crippen LogP contribution in [-0.4, -0.2) is 30.9 Å². The second kappa shape index (κ2) is 12.1. The van der Waals surface area contributed by atoms with Crippen molar-refractivity contribution in [3.05, 3.63) is 107 Å². The molecule has 1 aliphatic heterocycles. The molecule has 1 aliphatic rings. The Morgan fingerprint density at radius 1 is 1.10 bits per heavy atom. The Morgan fingerprint density at radius 2 is 1.90 bits per heavy atom. The molecule has 0 radical (unpaired) electrons. The summed E-state index contributed by atoms with van der Waals surface area (Å²) in [5.41, 5.74) is 2.21. The van der Waals surface area contributed by atoms with E-state index in [2.05, 4.69) is 13.8 Å². The number of hydrogen-bond acceptors (Lipinski definition) is 8. The molecule has 7 nitrogen and oxygen atoms in total. The lowest BCUT2D eigenvalue weighted by atomic mass is 9.97. The third-order valence-electron chi connectivity index (χ3n) is 6.24. The highest BCUT2D eigenvalue weighted by molar-refractivity contribution is 7.10. The number of hydrogen-bond donors (Lipinski definition) is 0. The minimum Gasteiger partial charge on any atom is -0.493 e. The van der Waals surface area contributed by atoms with Crippen molar-refractivity contribution in [2.45, 2.75) is 26.8 Å². The first-order valence-electron chi connectivity index (χ1n) is 13.0. The van der Waals surface area contributed by atoms with Crippen LogP contribution in [0.1, 0.15) is 42.8 Å². The van der Waals surface area contributed by atoms with Crippen LogP contribution in [0, 0.1) is 5.92 Å². The van der Waals surface area contributed by atoms with Gasteiger partial charge in [0.2, 0.25) is 0 Å².